The quantitative estimate of drug-likeness (QED) is 0.0545. The highest BCUT2D eigenvalue weighted by atomic mass is 79.9. The zero-order valence-corrected chi connectivity index (χ0v) is 28.3. The Morgan fingerprint density at radius 2 is 1.71 bits per heavy atom. The molecule has 0 fully saturated rings. The molecule has 1 aliphatic heterocycles. The average molecular weight is 713 g/mol. The summed E-state index contributed by atoms with van der Waals surface area (Å²) in [5.74, 6) is 1.45. The maximum atomic E-state index is 14.7. The molecule has 1 aliphatic rings. The molecule has 2 atom stereocenters. The monoisotopic (exact) mass is 711 g/mol. The van der Waals surface area contributed by atoms with Gasteiger partial charge in [0.15, 0.2) is 11.6 Å². The van der Waals surface area contributed by atoms with Gasteiger partial charge in [-0.05, 0) is 77.5 Å². The lowest BCUT2D eigenvalue weighted by Gasteiger charge is -2.32. The normalized spacial score (nSPS) is 16.7. The Hall–Kier alpha value is -4.83. The average Bonchev–Trinajstić information content (AvgIpc) is 3.50. The fourth-order valence-electron chi connectivity index (χ4n) is 5.70. The second kappa shape index (κ2) is 16.8. The summed E-state index contributed by atoms with van der Waals surface area (Å²) in [6.07, 6.45) is 0.460. The fourth-order valence-corrected chi connectivity index (χ4v) is 6.13. The molecule has 0 aliphatic carbocycles. The van der Waals surface area contributed by atoms with Crippen molar-refractivity contribution >= 4 is 27.7 Å². The van der Waals surface area contributed by atoms with Crippen LogP contribution in [0.1, 0.15) is 47.3 Å². The fraction of sp³-hybridized carbons (Fsp3) is 0.297. The third-order valence-corrected chi connectivity index (χ3v) is 8.82. The number of ether oxygens (including phenoxy) is 3. The molecule has 0 radical (unpaired) electrons. The highest BCUT2D eigenvalue weighted by molar-refractivity contribution is 9.10. The Kier molecular flexibility index (Phi) is 12.1. The first-order chi connectivity index (χ1) is 23.5. The Bertz CT molecular complexity index is 1780. The molecule has 0 aromatic heterocycles. The number of halogens is 1. The lowest BCUT2D eigenvalue weighted by Crippen LogP contribution is -2.50. The lowest BCUT2D eigenvalue weighted by atomic mass is 9.80. The molecule has 10 nitrogen and oxygen atoms in total. The van der Waals surface area contributed by atoms with E-state index in [1.165, 1.54) is 0 Å². The highest BCUT2D eigenvalue weighted by Gasteiger charge is 2.54. The number of aliphatic imine (C=N–C) groups is 1. The molecule has 0 saturated carbocycles. The second-order valence-corrected chi connectivity index (χ2v) is 12.0. The number of benzene rings is 4. The van der Waals surface area contributed by atoms with Crippen LogP contribution in [-0.2, 0) is 28.9 Å². The molecule has 0 spiro atoms. The Morgan fingerprint density at radius 1 is 1.00 bits per heavy atom. The molecule has 1 heterocycles. The zero-order valence-electron chi connectivity index (χ0n) is 26.7. The Balaban J connectivity index is 1.57. The van der Waals surface area contributed by atoms with Crippen LogP contribution < -0.4 is 14.8 Å². The number of nitrogens with zero attached hydrogens (tertiary/aromatic N) is 4. The molecule has 4 aromatic rings. The second-order valence-electron chi connectivity index (χ2n) is 11.2. The van der Waals surface area contributed by atoms with Crippen molar-refractivity contribution in [1.29, 1.82) is 0 Å². The molecule has 48 heavy (non-hydrogen) atoms. The zero-order chi connectivity index (χ0) is 33.8. The summed E-state index contributed by atoms with van der Waals surface area (Å²) in [5, 5.41) is 16.1. The number of aliphatic hydroxyl groups is 1. The molecule has 11 heteroatoms. The van der Waals surface area contributed by atoms with Gasteiger partial charge in [-0.15, -0.1) is 0 Å². The van der Waals surface area contributed by atoms with Crippen molar-refractivity contribution < 1.29 is 24.1 Å². The van der Waals surface area contributed by atoms with Crippen LogP contribution in [0.15, 0.2) is 112 Å². The number of hydrogen-bond acceptors (Lipinski definition) is 7. The summed E-state index contributed by atoms with van der Waals surface area (Å²) in [4.78, 5) is 22.8. The van der Waals surface area contributed by atoms with Crippen LogP contribution in [0.4, 0.5) is 0 Å². The van der Waals surface area contributed by atoms with Gasteiger partial charge in [-0.1, -0.05) is 81.7 Å². The number of azide groups is 1. The third-order valence-electron chi connectivity index (χ3n) is 8.04. The van der Waals surface area contributed by atoms with Crippen molar-refractivity contribution in [3.63, 3.8) is 0 Å². The van der Waals surface area contributed by atoms with Crippen LogP contribution in [0.25, 0.3) is 10.4 Å². The number of rotatable bonds is 16. The Labute approximate surface area is 288 Å². The van der Waals surface area contributed by atoms with Gasteiger partial charge < -0.3 is 24.6 Å². The van der Waals surface area contributed by atoms with E-state index in [2.05, 4.69) is 31.3 Å². The number of para-hydroxylation sites is 1. The minimum absolute atomic E-state index is 0.0476. The van der Waals surface area contributed by atoms with E-state index in [1.807, 2.05) is 104 Å². The molecule has 0 saturated heterocycles. The summed E-state index contributed by atoms with van der Waals surface area (Å²) < 4.78 is 19.1. The van der Waals surface area contributed by atoms with Crippen molar-refractivity contribution in [1.82, 2.24) is 5.32 Å². The summed E-state index contributed by atoms with van der Waals surface area (Å²) in [7, 11) is 0. The van der Waals surface area contributed by atoms with E-state index in [0.29, 0.717) is 55.4 Å². The Morgan fingerprint density at radius 3 is 2.44 bits per heavy atom. The summed E-state index contributed by atoms with van der Waals surface area (Å²) in [6.45, 7) is 3.35. The molecular formula is C37H38BrN5O5. The van der Waals surface area contributed by atoms with E-state index in [1.54, 1.807) is 0 Å². The van der Waals surface area contributed by atoms with Crippen molar-refractivity contribution in [2.75, 3.05) is 26.4 Å². The van der Waals surface area contributed by atoms with Crippen LogP contribution in [0, 0.1) is 0 Å². The number of carbonyl (C=O) groups excluding carboxylic acids is 1. The summed E-state index contributed by atoms with van der Waals surface area (Å²) in [6, 6.07) is 30.4. The maximum absolute atomic E-state index is 14.7. The van der Waals surface area contributed by atoms with Gasteiger partial charge in [0, 0.05) is 40.9 Å². The smallest absolute Gasteiger partial charge is 0.252 e. The predicted molar refractivity (Wildman–Crippen MR) is 188 cm³/mol. The molecule has 248 valence electrons. The first-order valence-electron chi connectivity index (χ1n) is 15.9. The van der Waals surface area contributed by atoms with Gasteiger partial charge in [0.2, 0.25) is 5.90 Å². The number of amides is 1. The van der Waals surface area contributed by atoms with E-state index < -0.39 is 11.6 Å². The van der Waals surface area contributed by atoms with Crippen molar-refractivity contribution in [3.8, 4) is 11.5 Å². The van der Waals surface area contributed by atoms with Crippen molar-refractivity contribution in [2.24, 2.45) is 10.1 Å². The standard InChI is InChI=1S/C37H38BrN5O5/c1-2-46-33-15-8-5-10-26(33)20-21-40-36(45)37(24-28-11-4-7-14-32(28)38)34(31-13-6-3-12-29(31)25-41-43-39)48-35(42-37)27-16-18-30(19-17-27)47-23-9-22-44/h3-8,10-19,34,44H,2,9,20-25H2,1H3,(H,40,45)/t34-,37-/m1/s1. The summed E-state index contributed by atoms with van der Waals surface area (Å²) >= 11 is 3.68. The first kappa shape index (κ1) is 34.5. The van der Waals surface area contributed by atoms with Gasteiger partial charge in [0.25, 0.3) is 5.91 Å². The number of aliphatic hydroxyl groups excluding tert-OH is 1. The topological polar surface area (TPSA) is 138 Å². The maximum Gasteiger partial charge on any atom is 0.252 e. The molecular weight excluding hydrogens is 674 g/mol. The van der Waals surface area contributed by atoms with E-state index in [4.69, 9.17) is 29.8 Å². The third kappa shape index (κ3) is 8.17. The number of carbonyl (C=O) groups is 1. The molecule has 0 bridgehead atoms. The van der Waals surface area contributed by atoms with Crippen molar-refractivity contribution in [2.45, 2.75) is 44.4 Å². The lowest BCUT2D eigenvalue weighted by molar-refractivity contribution is -0.128. The van der Waals surface area contributed by atoms with Gasteiger partial charge in [0.05, 0.1) is 19.8 Å². The van der Waals surface area contributed by atoms with Crippen LogP contribution >= 0.6 is 15.9 Å². The van der Waals surface area contributed by atoms with Crippen LogP contribution in [0.2, 0.25) is 0 Å². The predicted octanol–water partition coefficient (Wildman–Crippen LogP) is 7.28. The van der Waals surface area contributed by atoms with Gasteiger partial charge in [0.1, 0.15) is 11.5 Å². The largest absolute Gasteiger partial charge is 0.494 e. The van der Waals surface area contributed by atoms with E-state index in [-0.39, 0.29) is 25.5 Å². The van der Waals surface area contributed by atoms with Gasteiger partial charge in [-0.25, -0.2) is 4.99 Å². The highest BCUT2D eigenvalue weighted by Crippen LogP contribution is 2.44. The number of hydrogen-bond donors (Lipinski definition) is 2. The molecule has 1 amide bonds. The van der Waals surface area contributed by atoms with Crippen LogP contribution in [0.5, 0.6) is 11.5 Å². The van der Waals surface area contributed by atoms with Gasteiger partial charge >= 0.3 is 0 Å². The SMILES string of the molecule is CCOc1ccccc1CCNC(=O)[C@]1(Cc2ccccc2Br)N=C(c2ccc(OCCCO)cc2)O[C@@H]1c1ccccc1CN=[N+]=[N-]. The summed E-state index contributed by atoms with van der Waals surface area (Å²) in [5.41, 5.74) is 11.7. The minimum atomic E-state index is -1.43. The molecule has 2 N–H and O–H groups in total. The van der Waals surface area contributed by atoms with Crippen LogP contribution in [0.3, 0.4) is 0 Å². The van der Waals surface area contributed by atoms with E-state index >= 15 is 0 Å². The number of nitrogens with one attached hydrogen (secondary N) is 1. The van der Waals surface area contributed by atoms with Crippen molar-refractivity contribution in [3.05, 3.63) is 140 Å². The van der Waals surface area contributed by atoms with Crippen LogP contribution in [-0.4, -0.2) is 48.8 Å². The molecule has 0 unspecified atom stereocenters. The molecule has 4 aromatic carbocycles. The minimum Gasteiger partial charge on any atom is -0.494 e. The van der Waals surface area contributed by atoms with Gasteiger partial charge in [-0.2, -0.15) is 0 Å². The van der Waals surface area contributed by atoms with E-state index in [0.717, 1.165) is 26.9 Å². The van der Waals surface area contributed by atoms with E-state index in [9.17, 15) is 4.79 Å². The van der Waals surface area contributed by atoms with Gasteiger partial charge in [-0.3, -0.25) is 4.79 Å². The molecule has 5 rings (SSSR count). The first-order valence-corrected chi connectivity index (χ1v) is 16.7.